The molecule has 1 aromatic heterocycles. The van der Waals surface area contributed by atoms with Gasteiger partial charge in [0.2, 0.25) is 0 Å². The van der Waals surface area contributed by atoms with Crippen molar-refractivity contribution in [3.05, 3.63) is 32.9 Å². The molecule has 0 fully saturated rings. The van der Waals surface area contributed by atoms with Crippen LogP contribution in [-0.2, 0) is 6.54 Å². The molecule has 1 aromatic carbocycles. The first-order valence-corrected chi connectivity index (χ1v) is 7.16. The highest BCUT2D eigenvalue weighted by Crippen LogP contribution is 2.21. The summed E-state index contributed by atoms with van der Waals surface area (Å²) in [6.07, 6.45) is 0.988. The summed E-state index contributed by atoms with van der Waals surface area (Å²) in [5.74, 6) is 0. The van der Waals surface area contributed by atoms with Gasteiger partial charge in [-0.2, -0.15) is 0 Å². The number of benzene rings is 1. The van der Waals surface area contributed by atoms with Crippen LogP contribution in [0.5, 0.6) is 0 Å². The van der Waals surface area contributed by atoms with Crippen molar-refractivity contribution in [2.45, 2.75) is 13.0 Å². The number of rotatable bonds is 4. The van der Waals surface area contributed by atoms with Crippen molar-refractivity contribution in [2.24, 2.45) is 0 Å². The number of quaternary nitrogens is 1. The molecule has 0 aliphatic rings. The van der Waals surface area contributed by atoms with E-state index in [0.717, 1.165) is 34.2 Å². The fourth-order valence-corrected chi connectivity index (χ4v) is 3.01. The second kappa shape index (κ2) is 5.03. The van der Waals surface area contributed by atoms with Gasteiger partial charge in [0, 0.05) is 18.0 Å². The molecule has 3 nitrogen and oxygen atoms in total. The lowest BCUT2D eigenvalue weighted by molar-refractivity contribution is -0.870. The molecule has 0 unspecified atom stereocenters. The van der Waals surface area contributed by atoms with Crippen LogP contribution in [0.4, 0.5) is 0 Å². The molecule has 18 heavy (non-hydrogen) atoms. The van der Waals surface area contributed by atoms with E-state index in [4.69, 9.17) is 11.6 Å². The maximum absolute atomic E-state index is 11.9. The van der Waals surface area contributed by atoms with Gasteiger partial charge in [-0.05, 0) is 18.2 Å². The SMILES string of the molecule is C[N+](C)(C)CCCn1c(=O)sc2ccc(Cl)cc21. The molecule has 0 N–H and O–H groups in total. The van der Waals surface area contributed by atoms with E-state index >= 15 is 0 Å². The average Bonchev–Trinajstić information content (AvgIpc) is 2.54. The first kappa shape index (κ1) is 13.6. The van der Waals surface area contributed by atoms with Crippen molar-refractivity contribution in [3.8, 4) is 0 Å². The fourth-order valence-electron chi connectivity index (χ4n) is 1.95. The van der Waals surface area contributed by atoms with Crippen LogP contribution in [0.15, 0.2) is 23.0 Å². The Morgan fingerprint density at radius 3 is 2.72 bits per heavy atom. The molecule has 0 aliphatic heterocycles. The number of aryl methyl sites for hydroxylation is 1. The van der Waals surface area contributed by atoms with Crippen molar-refractivity contribution >= 4 is 33.2 Å². The van der Waals surface area contributed by atoms with Crippen molar-refractivity contribution < 1.29 is 4.48 Å². The van der Waals surface area contributed by atoms with Gasteiger partial charge in [-0.3, -0.25) is 9.36 Å². The van der Waals surface area contributed by atoms with E-state index < -0.39 is 0 Å². The number of aromatic nitrogens is 1. The van der Waals surface area contributed by atoms with E-state index in [2.05, 4.69) is 21.1 Å². The molecule has 2 aromatic rings. The normalized spacial score (nSPS) is 12.2. The second-order valence-corrected chi connectivity index (χ2v) is 6.93. The smallest absolute Gasteiger partial charge is 0.308 e. The summed E-state index contributed by atoms with van der Waals surface area (Å²) in [6.45, 7) is 1.80. The van der Waals surface area contributed by atoms with Crippen molar-refractivity contribution in [2.75, 3.05) is 27.7 Å². The lowest BCUT2D eigenvalue weighted by Gasteiger charge is -2.23. The quantitative estimate of drug-likeness (QED) is 0.792. The van der Waals surface area contributed by atoms with Gasteiger partial charge < -0.3 is 4.48 Å². The van der Waals surface area contributed by atoms with Crippen LogP contribution in [-0.4, -0.2) is 36.7 Å². The Bertz CT molecular complexity index is 609. The Labute approximate surface area is 116 Å². The zero-order valence-corrected chi connectivity index (χ0v) is 12.5. The summed E-state index contributed by atoms with van der Waals surface area (Å²) in [6, 6.07) is 5.62. The Morgan fingerprint density at radius 1 is 1.33 bits per heavy atom. The molecule has 0 amide bonds. The van der Waals surface area contributed by atoms with Crippen molar-refractivity contribution in [1.82, 2.24) is 4.57 Å². The molecular formula is C13H18ClN2OS+. The molecule has 5 heteroatoms. The van der Waals surface area contributed by atoms with Gasteiger partial charge in [-0.25, -0.2) is 0 Å². The third-order valence-corrected chi connectivity index (χ3v) is 4.04. The number of thiazole rings is 1. The van der Waals surface area contributed by atoms with Crippen LogP contribution in [0.2, 0.25) is 5.02 Å². The van der Waals surface area contributed by atoms with Crippen LogP contribution >= 0.6 is 22.9 Å². The van der Waals surface area contributed by atoms with E-state index in [1.165, 1.54) is 11.3 Å². The molecule has 0 saturated carbocycles. The Kier molecular flexibility index (Phi) is 3.80. The molecule has 0 bridgehead atoms. The zero-order chi connectivity index (χ0) is 13.3. The molecule has 0 aliphatic carbocycles. The minimum Gasteiger partial charge on any atom is -0.331 e. The monoisotopic (exact) mass is 285 g/mol. The molecule has 1 heterocycles. The van der Waals surface area contributed by atoms with Crippen LogP contribution in [0, 0.1) is 0 Å². The van der Waals surface area contributed by atoms with E-state index in [1.54, 1.807) is 0 Å². The molecule has 2 rings (SSSR count). The number of halogens is 1. The van der Waals surface area contributed by atoms with E-state index in [1.807, 2.05) is 22.8 Å². The molecule has 0 radical (unpaired) electrons. The molecule has 0 saturated heterocycles. The van der Waals surface area contributed by atoms with Crippen LogP contribution in [0.3, 0.4) is 0 Å². The topological polar surface area (TPSA) is 22.0 Å². The van der Waals surface area contributed by atoms with E-state index in [-0.39, 0.29) is 4.87 Å². The maximum atomic E-state index is 11.9. The Hall–Kier alpha value is -0.840. The first-order valence-electron chi connectivity index (χ1n) is 5.96. The van der Waals surface area contributed by atoms with Crippen LogP contribution < -0.4 is 4.87 Å². The van der Waals surface area contributed by atoms with Gasteiger partial charge in [-0.15, -0.1) is 0 Å². The maximum Gasteiger partial charge on any atom is 0.308 e. The summed E-state index contributed by atoms with van der Waals surface area (Å²) in [4.78, 5) is 12.0. The molecular weight excluding hydrogens is 268 g/mol. The van der Waals surface area contributed by atoms with Gasteiger partial charge in [-0.1, -0.05) is 22.9 Å². The minimum atomic E-state index is 0.105. The Balaban J connectivity index is 2.25. The van der Waals surface area contributed by atoms with E-state index in [0.29, 0.717) is 5.02 Å². The number of hydrogen-bond donors (Lipinski definition) is 0. The first-order chi connectivity index (χ1) is 8.37. The van der Waals surface area contributed by atoms with Crippen LogP contribution in [0.25, 0.3) is 10.2 Å². The summed E-state index contributed by atoms with van der Waals surface area (Å²) < 4.78 is 3.76. The van der Waals surface area contributed by atoms with Gasteiger partial charge in [0.05, 0.1) is 37.9 Å². The highest BCUT2D eigenvalue weighted by atomic mass is 35.5. The standard InChI is InChI=1S/C13H18ClN2OS/c1-16(2,3)8-4-7-15-11-9-10(14)5-6-12(11)18-13(15)17/h5-6,9H,4,7-8H2,1-3H3/q+1. The average molecular weight is 286 g/mol. The minimum absolute atomic E-state index is 0.105. The summed E-state index contributed by atoms with van der Waals surface area (Å²) in [5, 5.41) is 0.681. The Morgan fingerprint density at radius 2 is 2.06 bits per heavy atom. The van der Waals surface area contributed by atoms with Gasteiger partial charge in [0.1, 0.15) is 0 Å². The van der Waals surface area contributed by atoms with E-state index in [9.17, 15) is 4.79 Å². The number of hydrogen-bond acceptors (Lipinski definition) is 2. The van der Waals surface area contributed by atoms with Gasteiger partial charge >= 0.3 is 4.87 Å². The number of fused-ring (bicyclic) bond motifs is 1. The highest BCUT2D eigenvalue weighted by molar-refractivity contribution is 7.16. The fraction of sp³-hybridized carbons (Fsp3) is 0.462. The summed E-state index contributed by atoms with van der Waals surface area (Å²) in [7, 11) is 6.47. The summed E-state index contributed by atoms with van der Waals surface area (Å²) >= 11 is 7.28. The summed E-state index contributed by atoms with van der Waals surface area (Å²) in [5.41, 5.74) is 0.957. The van der Waals surface area contributed by atoms with Crippen molar-refractivity contribution in [1.29, 1.82) is 0 Å². The zero-order valence-electron chi connectivity index (χ0n) is 10.9. The second-order valence-electron chi connectivity index (χ2n) is 5.50. The largest absolute Gasteiger partial charge is 0.331 e. The van der Waals surface area contributed by atoms with Gasteiger partial charge in [0.25, 0.3) is 0 Å². The lowest BCUT2D eigenvalue weighted by atomic mass is 10.3. The van der Waals surface area contributed by atoms with Crippen molar-refractivity contribution in [3.63, 3.8) is 0 Å². The molecule has 0 atom stereocenters. The predicted octanol–water partition coefficient (Wildman–Crippen LogP) is 2.81. The predicted molar refractivity (Wildman–Crippen MR) is 78.6 cm³/mol. The van der Waals surface area contributed by atoms with Gasteiger partial charge in [0.15, 0.2) is 0 Å². The van der Waals surface area contributed by atoms with Crippen LogP contribution in [0.1, 0.15) is 6.42 Å². The molecule has 0 spiro atoms. The highest BCUT2D eigenvalue weighted by Gasteiger charge is 2.10. The lowest BCUT2D eigenvalue weighted by Crippen LogP contribution is -2.36. The third-order valence-electron chi connectivity index (χ3n) is 2.84. The molecule has 98 valence electrons. The third kappa shape index (κ3) is 3.13. The number of nitrogens with zero attached hydrogens (tertiary/aromatic N) is 2.